The Hall–Kier alpha value is -4.28. The molecule has 188 valence electrons. The highest BCUT2D eigenvalue weighted by Gasteiger charge is 2.44. The molecular weight excluding hydrogens is 466 g/mol. The van der Waals surface area contributed by atoms with Gasteiger partial charge in [-0.25, -0.2) is 14.4 Å². The molecule has 4 rings (SSSR count). The number of aromatic amines is 1. The van der Waals surface area contributed by atoms with E-state index in [4.69, 9.17) is 4.74 Å². The van der Waals surface area contributed by atoms with Crippen LogP contribution in [0.5, 0.6) is 0 Å². The number of amides is 1. The summed E-state index contributed by atoms with van der Waals surface area (Å²) in [5.74, 6) is -1.78. The van der Waals surface area contributed by atoms with Crippen LogP contribution in [0.1, 0.15) is 76.0 Å². The first-order chi connectivity index (χ1) is 17.0. The molecule has 36 heavy (non-hydrogen) atoms. The Morgan fingerprint density at radius 1 is 1.00 bits per heavy atom. The fourth-order valence-corrected chi connectivity index (χ4v) is 4.75. The summed E-state index contributed by atoms with van der Waals surface area (Å²) in [5, 5.41) is 36.8. The van der Waals surface area contributed by atoms with E-state index in [0.717, 1.165) is 22.3 Å². The second-order valence-corrected chi connectivity index (χ2v) is 9.67. The van der Waals surface area contributed by atoms with Crippen LogP contribution >= 0.6 is 0 Å². The number of hydrogen-bond acceptors (Lipinski definition) is 7. The van der Waals surface area contributed by atoms with Gasteiger partial charge < -0.3 is 20.3 Å². The minimum Gasteiger partial charge on any atom is -0.478 e. The first-order valence-corrected chi connectivity index (χ1v) is 11.5. The lowest BCUT2D eigenvalue weighted by molar-refractivity contribution is 0.0524. The third-order valence-corrected chi connectivity index (χ3v) is 6.18. The van der Waals surface area contributed by atoms with Crippen LogP contribution in [0.2, 0.25) is 0 Å². The topological polar surface area (TPSA) is 167 Å². The van der Waals surface area contributed by atoms with Gasteiger partial charge in [0.25, 0.3) is 0 Å². The maximum atomic E-state index is 12.4. The lowest BCUT2D eigenvalue weighted by Crippen LogP contribution is -2.39. The predicted molar refractivity (Wildman–Crippen MR) is 127 cm³/mol. The standard InChI is InChI=1S/C25H27N5O6/c1-24(2,3)36-23(35)26-11-10-25(22-27-29-30-28-22)18-8-6-16(20(31)32)12-14(18)4-5-15-13-17(21(33)34)7-9-19(15)25/h6-9,12-13H,4-5,10-11H2,1-3H3,(H,26,35)(H,31,32)(H,33,34)(H,27,28,29,30). The Kier molecular flexibility index (Phi) is 6.49. The molecule has 1 aliphatic carbocycles. The molecule has 0 atom stereocenters. The van der Waals surface area contributed by atoms with Gasteiger partial charge in [-0.3, -0.25) is 0 Å². The lowest BCUT2D eigenvalue weighted by atomic mass is 9.69. The smallest absolute Gasteiger partial charge is 0.407 e. The number of alkyl carbamates (subject to hydrolysis) is 1. The summed E-state index contributed by atoms with van der Waals surface area (Å²) in [6.45, 7) is 5.48. The van der Waals surface area contributed by atoms with E-state index in [1.54, 1.807) is 45.0 Å². The van der Waals surface area contributed by atoms with Crippen molar-refractivity contribution in [1.29, 1.82) is 0 Å². The van der Waals surface area contributed by atoms with Crippen molar-refractivity contribution in [2.45, 2.75) is 51.0 Å². The van der Waals surface area contributed by atoms with Gasteiger partial charge in [-0.1, -0.05) is 17.3 Å². The predicted octanol–water partition coefficient (Wildman–Crippen LogP) is 2.94. The Labute approximate surface area is 206 Å². The molecule has 1 amide bonds. The highest BCUT2D eigenvalue weighted by Crippen LogP contribution is 2.46. The van der Waals surface area contributed by atoms with Gasteiger partial charge >= 0.3 is 18.0 Å². The number of carboxylic acids is 2. The van der Waals surface area contributed by atoms with Crippen molar-refractivity contribution in [1.82, 2.24) is 25.9 Å². The quantitative estimate of drug-likeness (QED) is 0.403. The Morgan fingerprint density at radius 3 is 2.00 bits per heavy atom. The van der Waals surface area contributed by atoms with Gasteiger partial charge in [-0.05, 0) is 86.6 Å². The number of aromatic carboxylic acids is 2. The van der Waals surface area contributed by atoms with Crippen LogP contribution in [-0.4, -0.2) is 61.0 Å². The number of ether oxygens (including phenoxy) is 1. The number of benzene rings is 2. The van der Waals surface area contributed by atoms with Gasteiger partial charge in [0.1, 0.15) is 5.60 Å². The molecule has 0 bridgehead atoms. The number of aromatic nitrogens is 4. The number of aryl methyl sites for hydroxylation is 2. The van der Waals surface area contributed by atoms with Gasteiger partial charge in [0, 0.05) is 6.54 Å². The van der Waals surface area contributed by atoms with E-state index < -0.39 is 29.0 Å². The number of carbonyl (C=O) groups excluding carboxylic acids is 1. The van der Waals surface area contributed by atoms with Crippen molar-refractivity contribution >= 4 is 18.0 Å². The number of rotatable bonds is 6. The maximum absolute atomic E-state index is 12.4. The summed E-state index contributed by atoms with van der Waals surface area (Å²) < 4.78 is 5.37. The molecule has 0 unspecified atom stereocenters. The number of nitrogens with zero attached hydrogens (tertiary/aromatic N) is 3. The van der Waals surface area contributed by atoms with Crippen LogP contribution in [0.25, 0.3) is 0 Å². The van der Waals surface area contributed by atoms with Crippen molar-refractivity contribution in [2.75, 3.05) is 6.54 Å². The highest BCUT2D eigenvalue weighted by atomic mass is 16.6. The first-order valence-electron chi connectivity index (χ1n) is 11.5. The van der Waals surface area contributed by atoms with Gasteiger partial charge in [-0.15, -0.1) is 10.2 Å². The molecule has 1 aliphatic rings. The second-order valence-electron chi connectivity index (χ2n) is 9.67. The maximum Gasteiger partial charge on any atom is 0.407 e. The Morgan fingerprint density at radius 2 is 1.56 bits per heavy atom. The van der Waals surface area contributed by atoms with Crippen LogP contribution in [0.4, 0.5) is 4.79 Å². The van der Waals surface area contributed by atoms with E-state index in [1.165, 1.54) is 12.1 Å². The number of hydrogen-bond donors (Lipinski definition) is 4. The zero-order valence-corrected chi connectivity index (χ0v) is 20.2. The van der Waals surface area contributed by atoms with Crippen LogP contribution in [0.15, 0.2) is 36.4 Å². The van der Waals surface area contributed by atoms with Crippen molar-refractivity contribution in [3.8, 4) is 0 Å². The van der Waals surface area contributed by atoms with Crippen LogP contribution in [0, 0.1) is 0 Å². The number of tetrazole rings is 1. The molecule has 0 fully saturated rings. The molecule has 0 saturated carbocycles. The van der Waals surface area contributed by atoms with E-state index in [0.29, 0.717) is 18.7 Å². The number of nitrogens with one attached hydrogen (secondary N) is 2. The fourth-order valence-electron chi connectivity index (χ4n) is 4.75. The normalized spacial score (nSPS) is 14.2. The third kappa shape index (κ3) is 4.77. The molecule has 0 spiro atoms. The van der Waals surface area contributed by atoms with Gasteiger partial charge in [0.15, 0.2) is 5.82 Å². The number of carboxylic acid groups (broad SMARTS) is 2. The summed E-state index contributed by atoms with van der Waals surface area (Å²) in [4.78, 5) is 35.8. The van der Waals surface area contributed by atoms with Crippen LogP contribution in [-0.2, 0) is 23.0 Å². The van der Waals surface area contributed by atoms with Crippen molar-refractivity contribution in [2.24, 2.45) is 0 Å². The van der Waals surface area contributed by atoms with Crippen molar-refractivity contribution in [3.05, 3.63) is 75.6 Å². The number of H-pyrrole nitrogens is 1. The van der Waals surface area contributed by atoms with E-state index >= 15 is 0 Å². The zero-order valence-electron chi connectivity index (χ0n) is 20.2. The van der Waals surface area contributed by atoms with Crippen molar-refractivity contribution in [3.63, 3.8) is 0 Å². The summed E-state index contributed by atoms with van der Waals surface area (Å²) in [5.41, 5.74) is 1.63. The Balaban J connectivity index is 1.88. The number of carbonyl (C=O) groups is 3. The largest absolute Gasteiger partial charge is 0.478 e. The van der Waals surface area contributed by atoms with Crippen LogP contribution < -0.4 is 5.32 Å². The van der Waals surface area contributed by atoms with E-state index in [1.807, 2.05) is 0 Å². The average Bonchev–Trinajstić information content (AvgIpc) is 3.30. The summed E-state index contributed by atoms with van der Waals surface area (Å²) in [7, 11) is 0. The fraction of sp³-hybridized carbons (Fsp3) is 0.360. The molecule has 1 aromatic heterocycles. The van der Waals surface area contributed by atoms with Crippen LogP contribution in [0.3, 0.4) is 0 Å². The van der Waals surface area contributed by atoms with Gasteiger partial charge in [-0.2, -0.15) is 5.21 Å². The molecule has 1 heterocycles. The lowest BCUT2D eigenvalue weighted by Gasteiger charge is -2.34. The van der Waals surface area contributed by atoms with E-state index in [9.17, 15) is 24.6 Å². The minimum atomic E-state index is -1.05. The SMILES string of the molecule is CC(C)(C)OC(=O)NCCC1(c2nn[nH]n2)c2ccc(C(=O)O)cc2CCc2cc(C(=O)O)ccc21. The molecule has 0 saturated heterocycles. The molecule has 0 radical (unpaired) electrons. The first kappa shape index (κ1) is 24.8. The number of fused-ring (bicyclic) bond motifs is 2. The third-order valence-electron chi connectivity index (χ3n) is 6.18. The van der Waals surface area contributed by atoms with Gasteiger partial charge in [0.05, 0.1) is 16.5 Å². The molecule has 11 heteroatoms. The molecule has 2 aromatic carbocycles. The molecule has 4 N–H and O–H groups in total. The Bertz CT molecular complexity index is 1250. The van der Waals surface area contributed by atoms with Crippen molar-refractivity contribution < 1.29 is 29.3 Å². The monoisotopic (exact) mass is 493 g/mol. The van der Waals surface area contributed by atoms with Gasteiger partial charge in [0.2, 0.25) is 0 Å². The zero-order chi connectivity index (χ0) is 26.1. The average molecular weight is 494 g/mol. The molecule has 11 nitrogen and oxygen atoms in total. The highest BCUT2D eigenvalue weighted by molar-refractivity contribution is 5.89. The molecular formula is C25H27N5O6. The second kappa shape index (κ2) is 9.40. The van der Waals surface area contributed by atoms with E-state index in [2.05, 4.69) is 25.9 Å². The summed E-state index contributed by atoms with van der Waals surface area (Å²) >= 11 is 0. The summed E-state index contributed by atoms with van der Waals surface area (Å²) in [6, 6.07) is 9.77. The summed E-state index contributed by atoms with van der Waals surface area (Å²) in [6.07, 6.45) is 0.657. The molecule has 3 aromatic rings. The molecule has 0 aliphatic heterocycles. The minimum absolute atomic E-state index is 0.139. The van der Waals surface area contributed by atoms with E-state index in [-0.39, 0.29) is 24.1 Å².